The molecule has 170 valence electrons. The molecule has 0 aliphatic carbocycles. The monoisotopic (exact) mass is 450 g/mol. The molecule has 1 N–H and O–H groups in total. The maximum absolute atomic E-state index is 5.62. The van der Waals surface area contributed by atoms with Gasteiger partial charge in [-0.05, 0) is 61.4 Å². The van der Waals surface area contributed by atoms with Crippen LogP contribution in [0.15, 0.2) is 85.3 Å². The lowest BCUT2D eigenvalue weighted by Gasteiger charge is -2.13. The Morgan fingerprint density at radius 3 is 2.47 bits per heavy atom. The number of fused-ring (bicyclic) bond motifs is 1. The lowest BCUT2D eigenvalue weighted by molar-refractivity contribution is 0.340. The Balaban J connectivity index is 1.70. The number of rotatable bonds is 7. The molecule has 0 unspecified atom stereocenters. The van der Waals surface area contributed by atoms with Crippen LogP contribution in [0.25, 0.3) is 27.8 Å². The second kappa shape index (κ2) is 9.27. The molecule has 0 atom stereocenters. The first kappa shape index (κ1) is 21.5. The maximum atomic E-state index is 5.62. The zero-order valence-electron chi connectivity index (χ0n) is 19.4. The number of aryl methyl sites for hydroxylation is 1. The molecule has 5 rings (SSSR count). The predicted molar refractivity (Wildman–Crippen MR) is 136 cm³/mol. The summed E-state index contributed by atoms with van der Waals surface area (Å²) < 4.78 is 13.3. The molecule has 0 saturated heterocycles. The van der Waals surface area contributed by atoms with Gasteiger partial charge in [-0.15, -0.1) is 0 Å². The summed E-state index contributed by atoms with van der Waals surface area (Å²) in [6.07, 6.45) is 3.70. The Morgan fingerprint density at radius 2 is 1.74 bits per heavy atom. The zero-order valence-corrected chi connectivity index (χ0v) is 19.4. The van der Waals surface area contributed by atoms with E-state index in [9.17, 15) is 0 Å². The van der Waals surface area contributed by atoms with E-state index in [1.165, 1.54) is 0 Å². The first-order valence-electron chi connectivity index (χ1n) is 11.2. The summed E-state index contributed by atoms with van der Waals surface area (Å²) in [5.74, 6) is 2.32. The number of aromatic nitrogens is 3. The lowest BCUT2D eigenvalue weighted by atomic mass is 10.1. The van der Waals surface area contributed by atoms with Crippen molar-refractivity contribution in [2.45, 2.75) is 13.8 Å². The molecule has 0 saturated carbocycles. The van der Waals surface area contributed by atoms with Gasteiger partial charge in [0.2, 0.25) is 0 Å². The molecule has 0 aliphatic heterocycles. The van der Waals surface area contributed by atoms with Crippen molar-refractivity contribution in [1.29, 1.82) is 0 Å². The first-order chi connectivity index (χ1) is 16.7. The number of nitrogens with one attached hydrogen (secondary N) is 1. The van der Waals surface area contributed by atoms with Crippen LogP contribution in [0.5, 0.6) is 11.5 Å². The van der Waals surface area contributed by atoms with Gasteiger partial charge in [0.1, 0.15) is 23.6 Å². The van der Waals surface area contributed by atoms with Crippen molar-refractivity contribution in [3.05, 3.63) is 90.9 Å². The Morgan fingerprint density at radius 1 is 0.941 bits per heavy atom. The third-order valence-corrected chi connectivity index (χ3v) is 5.70. The van der Waals surface area contributed by atoms with E-state index in [2.05, 4.69) is 51.2 Å². The van der Waals surface area contributed by atoms with Crippen LogP contribution in [0.3, 0.4) is 0 Å². The predicted octanol–water partition coefficient (Wildman–Crippen LogP) is 6.55. The van der Waals surface area contributed by atoms with Crippen molar-refractivity contribution < 1.29 is 9.47 Å². The molecule has 0 amide bonds. The molecule has 6 nitrogen and oxygen atoms in total. The smallest absolute Gasteiger partial charge is 0.150 e. The molecule has 0 radical (unpaired) electrons. The van der Waals surface area contributed by atoms with Crippen LogP contribution >= 0.6 is 0 Å². The van der Waals surface area contributed by atoms with Gasteiger partial charge in [-0.3, -0.25) is 0 Å². The Kier molecular flexibility index (Phi) is 5.87. The number of ether oxygens (including phenoxy) is 2. The first-order valence-corrected chi connectivity index (χ1v) is 11.2. The van der Waals surface area contributed by atoms with Crippen molar-refractivity contribution in [3.8, 4) is 28.3 Å². The summed E-state index contributed by atoms with van der Waals surface area (Å²) in [4.78, 5) is 9.30. The molecule has 34 heavy (non-hydrogen) atoms. The van der Waals surface area contributed by atoms with E-state index in [4.69, 9.17) is 9.47 Å². The van der Waals surface area contributed by atoms with Gasteiger partial charge in [0.05, 0.1) is 24.8 Å². The number of nitrogens with zero attached hydrogens (tertiary/aromatic N) is 3. The normalized spacial score (nSPS) is 10.9. The van der Waals surface area contributed by atoms with Crippen molar-refractivity contribution in [2.24, 2.45) is 0 Å². The largest absolute Gasteiger partial charge is 0.495 e. The molecule has 0 spiro atoms. The minimum absolute atomic E-state index is 0.634. The molecule has 3 aromatic carbocycles. The van der Waals surface area contributed by atoms with Crippen molar-refractivity contribution >= 4 is 22.5 Å². The third kappa shape index (κ3) is 4.06. The highest BCUT2D eigenvalue weighted by atomic mass is 16.5. The van der Waals surface area contributed by atoms with Crippen molar-refractivity contribution in [2.75, 3.05) is 19.0 Å². The Bertz CT molecular complexity index is 1430. The number of hydrogen-bond donors (Lipinski definition) is 1. The highest BCUT2D eigenvalue weighted by molar-refractivity contribution is 6.03. The highest BCUT2D eigenvalue weighted by Gasteiger charge is 2.18. The van der Waals surface area contributed by atoms with E-state index in [0.717, 1.165) is 56.4 Å². The Labute approximate surface area is 198 Å². The summed E-state index contributed by atoms with van der Waals surface area (Å²) in [5, 5.41) is 4.43. The van der Waals surface area contributed by atoms with Crippen LogP contribution in [0.2, 0.25) is 0 Å². The fourth-order valence-electron chi connectivity index (χ4n) is 4.11. The second-order valence-corrected chi connectivity index (χ2v) is 7.96. The number of hydrogen-bond acceptors (Lipinski definition) is 5. The maximum Gasteiger partial charge on any atom is 0.150 e. The van der Waals surface area contributed by atoms with E-state index in [-0.39, 0.29) is 0 Å². The fourth-order valence-corrected chi connectivity index (χ4v) is 4.11. The number of anilines is 2. The highest BCUT2D eigenvalue weighted by Crippen LogP contribution is 2.38. The van der Waals surface area contributed by atoms with E-state index in [0.29, 0.717) is 6.61 Å². The molecular formula is C28H26N4O2. The van der Waals surface area contributed by atoms with Gasteiger partial charge >= 0.3 is 0 Å². The van der Waals surface area contributed by atoms with Gasteiger partial charge in [0, 0.05) is 17.4 Å². The quantitative estimate of drug-likeness (QED) is 0.305. The van der Waals surface area contributed by atoms with Gasteiger partial charge in [-0.25, -0.2) is 9.97 Å². The van der Waals surface area contributed by atoms with Gasteiger partial charge in [-0.2, -0.15) is 0 Å². The molecular weight excluding hydrogens is 424 g/mol. The van der Waals surface area contributed by atoms with E-state index in [1.807, 2.05) is 61.5 Å². The number of methoxy groups -OCH3 is 1. The van der Waals surface area contributed by atoms with Gasteiger partial charge in [-0.1, -0.05) is 36.4 Å². The molecule has 6 heteroatoms. The molecule has 0 aliphatic rings. The summed E-state index contributed by atoms with van der Waals surface area (Å²) >= 11 is 0. The molecule has 2 heterocycles. The van der Waals surface area contributed by atoms with Crippen LogP contribution in [-0.4, -0.2) is 28.3 Å². The van der Waals surface area contributed by atoms with Gasteiger partial charge < -0.3 is 19.4 Å². The summed E-state index contributed by atoms with van der Waals surface area (Å²) in [6.45, 7) is 4.67. The van der Waals surface area contributed by atoms with Gasteiger partial charge in [0.25, 0.3) is 0 Å². The van der Waals surface area contributed by atoms with Crippen molar-refractivity contribution in [1.82, 2.24) is 14.5 Å². The minimum atomic E-state index is 0.634. The van der Waals surface area contributed by atoms with Gasteiger partial charge in [0.15, 0.2) is 5.65 Å². The summed E-state index contributed by atoms with van der Waals surface area (Å²) in [5.41, 5.74) is 5.92. The Hall–Kier alpha value is -4.32. The zero-order chi connectivity index (χ0) is 23.5. The average Bonchev–Trinajstić information content (AvgIpc) is 3.26. The standard InChI is InChI=1S/C28H26N4O2/c1-4-34-22-13-11-21(12-14-22)32-17-23(20-8-6-5-7-9-20)26-27(29-18-30-28(26)32)31-24-16-19(2)10-15-25(24)33-3/h5-18H,4H2,1-3H3,(H,29,30,31). The van der Waals surface area contributed by atoms with Crippen LogP contribution in [0.4, 0.5) is 11.5 Å². The average molecular weight is 451 g/mol. The van der Waals surface area contributed by atoms with E-state index < -0.39 is 0 Å². The number of benzene rings is 3. The van der Waals surface area contributed by atoms with Crippen molar-refractivity contribution in [3.63, 3.8) is 0 Å². The van der Waals surface area contributed by atoms with E-state index in [1.54, 1.807) is 13.4 Å². The molecule has 2 aromatic heterocycles. The molecule has 0 bridgehead atoms. The SMILES string of the molecule is CCOc1ccc(-n2cc(-c3ccccc3)c3c(Nc4cc(C)ccc4OC)ncnc32)cc1. The van der Waals surface area contributed by atoms with Crippen LogP contribution in [-0.2, 0) is 0 Å². The topological polar surface area (TPSA) is 61.2 Å². The summed E-state index contributed by atoms with van der Waals surface area (Å²) in [6, 6.07) is 24.4. The van der Waals surface area contributed by atoms with Crippen LogP contribution in [0, 0.1) is 6.92 Å². The van der Waals surface area contributed by atoms with E-state index >= 15 is 0 Å². The van der Waals surface area contributed by atoms with Crippen LogP contribution in [0.1, 0.15) is 12.5 Å². The van der Waals surface area contributed by atoms with Crippen LogP contribution < -0.4 is 14.8 Å². The fraction of sp³-hybridized carbons (Fsp3) is 0.143. The minimum Gasteiger partial charge on any atom is -0.495 e. The third-order valence-electron chi connectivity index (χ3n) is 5.70. The summed E-state index contributed by atoms with van der Waals surface area (Å²) in [7, 11) is 1.67. The second-order valence-electron chi connectivity index (χ2n) is 7.96. The lowest BCUT2D eigenvalue weighted by Crippen LogP contribution is -2.00. The molecule has 5 aromatic rings. The molecule has 0 fully saturated rings.